The van der Waals surface area contributed by atoms with Gasteiger partial charge in [0.15, 0.2) is 5.69 Å². The van der Waals surface area contributed by atoms with Crippen LogP contribution in [0.1, 0.15) is 27.4 Å². The zero-order valence-electron chi connectivity index (χ0n) is 15.5. The average molecular weight is 374 g/mol. The van der Waals surface area contributed by atoms with Crippen molar-refractivity contribution >= 4 is 11.6 Å². The van der Waals surface area contributed by atoms with Gasteiger partial charge < -0.3 is 9.84 Å². The molecule has 2 aromatic carbocycles. The van der Waals surface area contributed by atoms with E-state index >= 15 is 0 Å². The lowest BCUT2D eigenvalue weighted by molar-refractivity contribution is 0.0981. The standard InChI is InChI=1S/C20H18N6O2/c1-13-3-7-15(8-4-13)11-26-12-17(23-25-26)18-22-20(28-24-18)19(27)21-16-9-5-14(2)6-10-16/h3-10,12H,11H2,1-2H3,(H,21,27). The SMILES string of the molecule is Cc1ccc(Cn2cc(-c3noc(C(=O)Nc4ccc(C)cc4)n3)nn2)cc1. The van der Waals surface area contributed by atoms with Gasteiger partial charge in [0.1, 0.15) is 0 Å². The van der Waals surface area contributed by atoms with Gasteiger partial charge in [-0.25, -0.2) is 4.68 Å². The maximum absolute atomic E-state index is 12.3. The fourth-order valence-corrected chi connectivity index (χ4v) is 2.60. The number of aryl methyl sites for hydroxylation is 2. The van der Waals surface area contributed by atoms with E-state index in [9.17, 15) is 4.79 Å². The van der Waals surface area contributed by atoms with Crippen molar-refractivity contribution in [2.75, 3.05) is 5.32 Å². The molecule has 0 saturated carbocycles. The number of nitrogens with one attached hydrogen (secondary N) is 1. The van der Waals surface area contributed by atoms with E-state index in [4.69, 9.17) is 4.52 Å². The van der Waals surface area contributed by atoms with E-state index in [1.54, 1.807) is 23.0 Å². The van der Waals surface area contributed by atoms with Crippen LogP contribution in [0.5, 0.6) is 0 Å². The third kappa shape index (κ3) is 3.96. The minimum atomic E-state index is -0.477. The lowest BCUT2D eigenvalue weighted by atomic mass is 10.1. The van der Waals surface area contributed by atoms with E-state index in [1.165, 1.54) is 5.56 Å². The third-order valence-corrected chi connectivity index (χ3v) is 4.16. The first-order valence-electron chi connectivity index (χ1n) is 8.74. The molecule has 1 N–H and O–H groups in total. The Labute approximate surface area is 161 Å². The van der Waals surface area contributed by atoms with Gasteiger partial charge in [-0.05, 0) is 31.5 Å². The van der Waals surface area contributed by atoms with Gasteiger partial charge in [-0.2, -0.15) is 4.98 Å². The Morgan fingerprint density at radius 2 is 1.71 bits per heavy atom. The fraction of sp³-hybridized carbons (Fsp3) is 0.150. The molecule has 4 rings (SSSR count). The number of hydrogen-bond donors (Lipinski definition) is 1. The van der Waals surface area contributed by atoms with E-state index in [2.05, 4.69) is 25.8 Å². The average Bonchev–Trinajstić information content (AvgIpc) is 3.35. The first kappa shape index (κ1) is 17.6. The predicted molar refractivity (Wildman–Crippen MR) is 103 cm³/mol. The second kappa shape index (κ2) is 7.43. The maximum Gasteiger partial charge on any atom is 0.316 e. The Hall–Kier alpha value is -3.81. The summed E-state index contributed by atoms with van der Waals surface area (Å²) in [5.74, 6) is -0.400. The van der Waals surface area contributed by atoms with Crippen LogP contribution in [0, 0.1) is 13.8 Å². The number of carbonyl (C=O) groups is 1. The topological polar surface area (TPSA) is 98.7 Å². The number of rotatable bonds is 5. The van der Waals surface area contributed by atoms with Crippen molar-refractivity contribution in [3.8, 4) is 11.5 Å². The Morgan fingerprint density at radius 3 is 2.43 bits per heavy atom. The summed E-state index contributed by atoms with van der Waals surface area (Å²) >= 11 is 0. The summed E-state index contributed by atoms with van der Waals surface area (Å²) in [5.41, 5.74) is 4.50. The molecule has 28 heavy (non-hydrogen) atoms. The summed E-state index contributed by atoms with van der Waals surface area (Å²) < 4.78 is 6.75. The summed E-state index contributed by atoms with van der Waals surface area (Å²) in [6.45, 7) is 4.59. The monoisotopic (exact) mass is 374 g/mol. The van der Waals surface area contributed by atoms with Crippen molar-refractivity contribution in [3.63, 3.8) is 0 Å². The largest absolute Gasteiger partial charge is 0.328 e. The zero-order chi connectivity index (χ0) is 19.5. The van der Waals surface area contributed by atoms with Gasteiger partial charge in [0.2, 0.25) is 5.82 Å². The first-order chi connectivity index (χ1) is 13.6. The lowest BCUT2D eigenvalue weighted by Gasteiger charge is -2.01. The van der Waals surface area contributed by atoms with Crippen molar-refractivity contribution in [2.45, 2.75) is 20.4 Å². The van der Waals surface area contributed by atoms with E-state index < -0.39 is 5.91 Å². The molecule has 0 unspecified atom stereocenters. The fourth-order valence-electron chi connectivity index (χ4n) is 2.60. The van der Waals surface area contributed by atoms with Gasteiger partial charge in [0.25, 0.3) is 0 Å². The van der Waals surface area contributed by atoms with Gasteiger partial charge in [-0.1, -0.05) is 57.9 Å². The molecule has 0 aliphatic heterocycles. The Morgan fingerprint density at radius 1 is 1.04 bits per heavy atom. The highest BCUT2D eigenvalue weighted by atomic mass is 16.5. The van der Waals surface area contributed by atoms with Crippen LogP contribution in [0.15, 0.2) is 59.3 Å². The van der Waals surface area contributed by atoms with Gasteiger partial charge >= 0.3 is 11.8 Å². The number of anilines is 1. The molecular formula is C20H18N6O2. The number of amides is 1. The van der Waals surface area contributed by atoms with E-state index in [0.717, 1.165) is 11.1 Å². The van der Waals surface area contributed by atoms with Crippen molar-refractivity contribution in [3.05, 3.63) is 77.3 Å². The van der Waals surface area contributed by atoms with Crippen LogP contribution in [-0.2, 0) is 6.54 Å². The highest BCUT2D eigenvalue weighted by molar-refractivity contribution is 6.01. The summed E-state index contributed by atoms with van der Waals surface area (Å²) in [4.78, 5) is 16.4. The molecule has 0 aliphatic carbocycles. The zero-order valence-corrected chi connectivity index (χ0v) is 15.5. The van der Waals surface area contributed by atoms with Crippen LogP contribution in [0.2, 0.25) is 0 Å². The van der Waals surface area contributed by atoms with Crippen LogP contribution in [-0.4, -0.2) is 31.0 Å². The van der Waals surface area contributed by atoms with E-state index in [0.29, 0.717) is 17.9 Å². The van der Waals surface area contributed by atoms with Crippen LogP contribution in [0.25, 0.3) is 11.5 Å². The quantitative estimate of drug-likeness (QED) is 0.576. The predicted octanol–water partition coefficient (Wildman–Crippen LogP) is 3.25. The Bertz CT molecular complexity index is 1100. The first-order valence-corrected chi connectivity index (χ1v) is 8.74. The summed E-state index contributed by atoms with van der Waals surface area (Å²) in [6, 6.07) is 15.6. The molecule has 1 amide bonds. The minimum Gasteiger partial charge on any atom is -0.328 e. The van der Waals surface area contributed by atoms with Crippen LogP contribution in [0.3, 0.4) is 0 Å². The van der Waals surface area contributed by atoms with Gasteiger partial charge in [0.05, 0.1) is 12.7 Å². The Balaban J connectivity index is 1.45. The molecule has 0 radical (unpaired) electrons. The van der Waals surface area contributed by atoms with Crippen molar-refractivity contribution in [1.82, 2.24) is 25.1 Å². The molecule has 8 heteroatoms. The molecule has 0 bridgehead atoms. The molecule has 8 nitrogen and oxygen atoms in total. The van der Waals surface area contributed by atoms with Gasteiger partial charge in [-0.3, -0.25) is 4.79 Å². The van der Waals surface area contributed by atoms with Crippen LogP contribution < -0.4 is 5.32 Å². The molecule has 0 aliphatic rings. The smallest absolute Gasteiger partial charge is 0.316 e. The second-order valence-electron chi connectivity index (χ2n) is 6.53. The maximum atomic E-state index is 12.3. The number of benzene rings is 2. The summed E-state index contributed by atoms with van der Waals surface area (Å²) in [7, 11) is 0. The van der Waals surface area contributed by atoms with Crippen molar-refractivity contribution in [2.24, 2.45) is 0 Å². The molecule has 2 heterocycles. The summed E-state index contributed by atoms with van der Waals surface area (Å²) in [6.07, 6.45) is 1.71. The van der Waals surface area contributed by atoms with E-state index in [1.807, 2.05) is 50.2 Å². The molecule has 0 atom stereocenters. The number of hydrogen-bond acceptors (Lipinski definition) is 6. The molecular weight excluding hydrogens is 356 g/mol. The molecule has 0 fully saturated rings. The normalized spacial score (nSPS) is 10.8. The number of aromatic nitrogens is 5. The number of nitrogens with zero attached hydrogens (tertiary/aromatic N) is 5. The highest BCUT2D eigenvalue weighted by Crippen LogP contribution is 2.15. The lowest BCUT2D eigenvalue weighted by Crippen LogP contribution is -2.12. The highest BCUT2D eigenvalue weighted by Gasteiger charge is 2.18. The number of carbonyl (C=O) groups excluding carboxylic acids is 1. The second-order valence-corrected chi connectivity index (χ2v) is 6.53. The van der Waals surface area contributed by atoms with Gasteiger partial charge in [0, 0.05) is 5.69 Å². The molecule has 4 aromatic rings. The van der Waals surface area contributed by atoms with Crippen LogP contribution in [0.4, 0.5) is 5.69 Å². The molecule has 0 spiro atoms. The molecule has 0 saturated heterocycles. The minimum absolute atomic E-state index is 0.136. The third-order valence-electron chi connectivity index (χ3n) is 4.16. The van der Waals surface area contributed by atoms with Crippen LogP contribution >= 0.6 is 0 Å². The van der Waals surface area contributed by atoms with Crippen molar-refractivity contribution < 1.29 is 9.32 Å². The molecule has 2 aromatic heterocycles. The van der Waals surface area contributed by atoms with E-state index in [-0.39, 0.29) is 11.7 Å². The summed E-state index contributed by atoms with van der Waals surface area (Å²) in [5, 5.41) is 14.7. The van der Waals surface area contributed by atoms with Gasteiger partial charge in [-0.15, -0.1) is 5.10 Å². The van der Waals surface area contributed by atoms with Crippen molar-refractivity contribution in [1.29, 1.82) is 0 Å². The Kier molecular flexibility index (Phi) is 4.67. The molecule has 140 valence electrons.